The molecule has 0 unspecified atom stereocenters. The molecule has 0 saturated heterocycles. The normalized spacial score (nSPS) is 11.3. The molecule has 0 bridgehead atoms. The number of benzene rings is 4. The van der Waals surface area contributed by atoms with Gasteiger partial charge in [-0.15, -0.1) is 0 Å². The lowest BCUT2D eigenvalue weighted by Gasteiger charge is -2.23. The monoisotopic (exact) mass is 348 g/mol. The summed E-state index contributed by atoms with van der Waals surface area (Å²) in [6.45, 7) is 2.16. The lowest BCUT2D eigenvalue weighted by atomic mass is 9.80. The fraction of sp³-hybridized carbons (Fsp3) is 0.0769. The fourth-order valence-electron chi connectivity index (χ4n) is 4.13. The molecule has 0 fully saturated rings. The minimum atomic E-state index is 0.881. The van der Waals surface area contributed by atoms with Gasteiger partial charge >= 0.3 is 0 Å². The summed E-state index contributed by atoms with van der Waals surface area (Å²) in [7, 11) is 1.73. The molecule has 1 aliphatic rings. The van der Waals surface area contributed by atoms with Gasteiger partial charge in [0.25, 0.3) is 0 Å². The van der Waals surface area contributed by atoms with Gasteiger partial charge in [0, 0.05) is 0 Å². The van der Waals surface area contributed by atoms with Crippen molar-refractivity contribution in [2.45, 2.75) is 6.92 Å². The summed E-state index contributed by atoms with van der Waals surface area (Å²) in [4.78, 5) is 0. The van der Waals surface area contributed by atoms with Crippen LogP contribution in [0.3, 0.4) is 0 Å². The topological polar surface area (TPSA) is 9.23 Å². The van der Waals surface area contributed by atoms with Crippen molar-refractivity contribution in [3.63, 3.8) is 0 Å². The quantitative estimate of drug-likeness (QED) is 0.317. The molecule has 0 saturated carbocycles. The van der Waals surface area contributed by atoms with Crippen molar-refractivity contribution in [2.24, 2.45) is 0 Å². The summed E-state index contributed by atoms with van der Waals surface area (Å²) in [6, 6.07) is 30.5. The molecule has 0 radical (unpaired) electrons. The zero-order valence-corrected chi connectivity index (χ0v) is 15.5. The zero-order chi connectivity index (χ0) is 18.4. The van der Waals surface area contributed by atoms with Crippen molar-refractivity contribution in [1.82, 2.24) is 0 Å². The maximum absolute atomic E-state index is 5.54. The third-order valence-corrected chi connectivity index (χ3v) is 5.42. The average molecular weight is 348 g/mol. The van der Waals surface area contributed by atoms with Crippen LogP contribution < -0.4 is 4.74 Å². The van der Waals surface area contributed by atoms with E-state index in [1.54, 1.807) is 7.11 Å². The molecule has 0 amide bonds. The predicted octanol–water partition coefficient (Wildman–Crippen LogP) is 6.99. The van der Waals surface area contributed by atoms with E-state index in [1.807, 2.05) is 0 Å². The molecule has 4 aromatic carbocycles. The minimum Gasteiger partial charge on any atom is -0.497 e. The van der Waals surface area contributed by atoms with Crippen molar-refractivity contribution in [3.05, 3.63) is 90.5 Å². The second-order valence-corrected chi connectivity index (χ2v) is 7.05. The summed E-state index contributed by atoms with van der Waals surface area (Å²) in [6.07, 6.45) is 0. The van der Waals surface area contributed by atoms with Gasteiger partial charge in [-0.3, -0.25) is 0 Å². The highest BCUT2D eigenvalue weighted by atomic mass is 16.5. The number of hydrogen-bond donors (Lipinski definition) is 0. The molecular formula is C26H20O. The highest BCUT2D eigenvalue weighted by Gasteiger charge is 2.21. The molecule has 130 valence electrons. The molecule has 5 rings (SSSR count). The first kappa shape index (κ1) is 15.9. The minimum absolute atomic E-state index is 0.881. The molecular weight excluding hydrogens is 328 g/mol. The van der Waals surface area contributed by atoms with Gasteiger partial charge in [0.15, 0.2) is 0 Å². The van der Waals surface area contributed by atoms with Crippen molar-refractivity contribution in [1.29, 1.82) is 0 Å². The van der Waals surface area contributed by atoms with Gasteiger partial charge < -0.3 is 4.74 Å². The van der Waals surface area contributed by atoms with Crippen molar-refractivity contribution < 1.29 is 4.74 Å². The van der Waals surface area contributed by atoms with E-state index >= 15 is 0 Å². The van der Waals surface area contributed by atoms with Gasteiger partial charge in [0.1, 0.15) is 5.75 Å². The van der Waals surface area contributed by atoms with E-state index in [0.717, 1.165) is 5.75 Å². The summed E-state index contributed by atoms with van der Waals surface area (Å²) in [5, 5.41) is 0. The summed E-state index contributed by atoms with van der Waals surface area (Å²) in [5.74, 6) is 0.881. The Kier molecular flexibility index (Phi) is 3.61. The molecule has 0 aromatic heterocycles. The maximum Gasteiger partial charge on any atom is 0.119 e. The molecule has 1 aliphatic carbocycles. The second-order valence-electron chi connectivity index (χ2n) is 7.05. The molecule has 0 atom stereocenters. The van der Waals surface area contributed by atoms with Crippen LogP contribution in [-0.2, 0) is 0 Å². The molecule has 0 heterocycles. The van der Waals surface area contributed by atoms with E-state index in [1.165, 1.54) is 50.1 Å². The Morgan fingerprint density at radius 1 is 0.481 bits per heavy atom. The lowest BCUT2D eigenvalue weighted by molar-refractivity contribution is 0.415. The first-order valence-corrected chi connectivity index (χ1v) is 9.24. The van der Waals surface area contributed by atoms with E-state index in [0.29, 0.717) is 0 Å². The summed E-state index contributed by atoms with van der Waals surface area (Å²) < 4.78 is 5.54. The van der Waals surface area contributed by atoms with Gasteiger partial charge in [0.05, 0.1) is 7.11 Å². The molecule has 27 heavy (non-hydrogen) atoms. The Morgan fingerprint density at radius 2 is 0.926 bits per heavy atom. The third kappa shape index (κ3) is 2.47. The third-order valence-electron chi connectivity index (χ3n) is 5.42. The van der Waals surface area contributed by atoms with Crippen LogP contribution in [0.4, 0.5) is 0 Å². The Hall–Kier alpha value is -3.32. The van der Waals surface area contributed by atoms with Crippen molar-refractivity contribution in [2.75, 3.05) is 7.11 Å². The number of aryl methyl sites for hydroxylation is 1. The SMILES string of the molecule is COc1ccc2c(c1)-c1ccccc1-c1ccccc1-c1cc(C)ccc1-2. The first-order valence-electron chi connectivity index (χ1n) is 9.24. The predicted molar refractivity (Wildman–Crippen MR) is 113 cm³/mol. The van der Waals surface area contributed by atoms with Crippen LogP contribution in [0.1, 0.15) is 5.56 Å². The van der Waals surface area contributed by atoms with Gasteiger partial charge in [-0.05, 0) is 63.6 Å². The summed E-state index contributed by atoms with van der Waals surface area (Å²) in [5.41, 5.74) is 11.3. The smallest absolute Gasteiger partial charge is 0.119 e. The highest BCUT2D eigenvalue weighted by molar-refractivity contribution is 6.03. The van der Waals surface area contributed by atoms with E-state index in [9.17, 15) is 0 Å². The van der Waals surface area contributed by atoms with Crippen LogP contribution in [-0.4, -0.2) is 7.11 Å². The molecule has 4 aromatic rings. The van der Waals surface area contributed by atoms with Gasteiger partial charge in [-0.1, -0.05) is 78.4 Å². The van der Waals surface area contributed by atoms with Crippen LogP contribution >= 0.6 is 0 Å². The molecule has 0 N–H and O–H groups in total. The Balaban J connectivity index is 1.98. The number of ether oxygens (including phenoxy) is 1. The summed E-state index contributed by atoms with van der Waals surface area (Å²) >= 11 is 0. The van der Waals surface area contributed by atoms with Crippen molar-refractivity contribution >= 4 is 0 Å². The first-order chi connectivity index (χ1) is 13.3. The second kappa shape index (κ2) is 6.14. The van der Waals surface area contributed by atoms with Crippen LogP contribution in [0.15, 0.2) is 84.9 Å². The molecule has 1 heteroatoms. The van der Waals surface area contributed by atoms with Crippen LogP contribution in [0.25, 0.3) is 44.5 Å². The van der Waals surface area contributed by atoms with E-state index in [-0.39, 0.29) is 0 Å². The Morgan fingerprint density at radius 3 is 1.48 bits per heavy atom. The molecule has 1 nitrogen and oxygen atoms in total. The number of rotatable bonds is 1. The van der Waals surface area contributed by atoms with E-state index in [2.05, 4.69) is 91.9 Å². The number of fused-ring (bicyclic) bond motifs is 8. The Labute approximate surface area is 159 Å². The van der Waals surface area contributed by atoms with Gasteiger partial charge in [-0.25, -0.2) is 0 Å². The maximum atomic E-state index is 5.54. The van der Waals surface area contributed by atoms with Gasteiger partial charge in [-0.2, -0.15) is 0 Å². The van der Waals surface area contributed by atoms with Crippen LogP contribution in [0, 0.1) is 6.92 Å². The van der Waals surface area contributed by atoms with E-state index in [4.69, 9.17) is 4.74 Å². The number of hydrogen-bond acceptors (Lipinski definition) is 1. The fourth-order valence-corrected chi connectivity index (χ4v) is 4.13. The average Bonchev–Trinajstić information content (AvgIpc) is 2.72. The van der Waals surface area contributed by atoms with E-state index < -0.39 is 0 Å². The van der Waals surface area contributed by atoms with Crippen molar-refractivity contribution in [3.8, 4) is 50.3 Å². The highest BCUT2D eigenvalue weighted by Crippen LogP contribution is 2.48. The molecule has 0 spiro atoms. The lowest BCUT2D eigenvalue weighted by Crippen LogP contribution is -1.98. The molecule has 0 aliphatic heterocycles. The van der Waals surface area contributed by atoms with Crippen LogP contribution in [0.2, 0.25) is 0 Å². The van der Waals surface area contributed by atoms with Gasteiger partial charge in [0.2, 0.25) is 0 Å². The standard InChI is InChI=1S/C26H20O/c1-17-11-13-23-24-14-12-18(27-2)16-26(24)22-10-6-4-8-20(22)19-7-3-5-9-21(19)25(23)15-17/h3-16H,1-2H3. The largest absolute Gasteiger partial charge is 0.497 e. The van der Waals surface area contributed by atoms with Crippen LogP contribution in [0.5, 0.6) is 5.75 Å². The number of methoxy groups -OCH3 is 1. The Bertz CT molecular complexity index is 1170. The zero-order valence-electron chi connectivity index (χ0n) is 15.5.